The summed E-state index contributed by atoms with van der Waals surface area (Å²) in [5.74, 6) is 0. The summed E-state index contributed by atoms with van der Waals surface area (Å²) >= 11 is 0. The summed E-state index contributed by atoms with van der Waals surface area (Å²) in [5.41, 5.74) is 7.36. The van der Waals surface area contributed by atoms with Gasteiger partial charge in [0.25, 0.3) is 0 Å². The van der Waals surface area contributed by atoms with Crippen LogP contribution >= 0.6 is 12.4 Å². The number of nitrogens with zero attached hydrogens (tertiary/aromatic N) is 2. The van der Waals surface area contributed by atoms with E-state index in [-0.39, 0.29) is 12.4 Å². The van der Waals surface area contributed by atoms with Gasteiger partial charge in [-0.15, -0.1) is 12.4 Å². The predicted octanol–water partition coefficient (Wildman–Crippen LogP) is 4.99. The van der Waals surface area contributed by atoms with E-state index in [4.69, 9.17) is 0 Å². The first kappa shape index (κ1) is 18.0. The lowest BCUT2D eigenvalue weighted by atomic mass is 10.0. The zero-order chi connectivity index (χ0) is 16.5. The van der Waals surface area contributed by atoms with Crippen LogP contribution < -0.4 is 0 Å². The van der Waals surface area contributed by atoms with Crippen LogP contribution in [0.3, 0.4) is 0 Å². The van der Waals surface area contributed by atoms with Crippen molar-refractivity contribution >= 4 is 23.3 Å². The van der Waals surface area contributed by atoms with E-state index in [1.54, 1.807) is 11.3 Å². The Hall–Kier alpha value is -1.77. The second-order valence-corrected chi connectivity index (χ2v) is 7.17. The second kappa shape index (κ2) is 7.63. The number of likely N-dealkylation sites (N-methyl/N-ethyl adjacent to an activating group) is 1. The molecule has 0 N–H and O–H groups in total. The number of hydrogen-bond donors (Lipinski definition) is 0. The van der Waals surface area contributed by atoms with Crippen molar-refractivity contribution in [2.45, 2.75) is 39.3 Å². The van der Waals surface area contributed by atoms with Crippen molar-refractivity contribution in [1.82, 2.24) is 9.47 Å². The average molecular weight is 355 g/mol. The first-order chi connectivity index (χ1) is 11.7. The summed E-state index contributed by atoms with van der Waals surface area (Å²) in [7, 11) is 2.23. The van der Waals surface area contributed by atoms with E-state index in [9.17, 15) is 0 Å². The largest absolute Gasteiger partial charge is 0.344 e. The third kappa shape index (κ3) is 3.61. The van der Waals surface area contributed by atoms with Crippen LogP contribution in [0.5, 0.6) is 0 Å². The van der Waals surface area contributed by atoms with E-state index >= 15 is 0 Å². The molecule has 0 fully saturated rings. The van der Waals surface area contributed by atoms with Crippen molar-refractivity contribution in [1.29, 1.82) is 0 Å². The highest BCUT2D eigenvalue weighted by Crippen LogP contribution is 2.31. The molecule has 0 unspecified atom stereocenters. The Morgan fingerprint density at radius 2 is 1.84 bits per heavy atom. The van der Waals surface area contributed by atoms with Crippen molar-refractivity contribution < 1.29 is 0 Å². The molecule has 1 aliphatic rings. The zero-order valence-corrected chi connectivity index (χ0v) is 16.0. The molecule has 25 heavy (non-hydrogen) atoms. The lowest BCUT2D eigenvalue weighted by molar-refractivity contribution is 0.309. The first-order valence-corrected chi connectivity index (χ1v) is 9.05. The third-order valence-corrected chi connectivity index (χ3v) is 5.29. The number of aryl methyl sites for hydroxylation is 3. The molecule has 0 amide bonds. The fourth-order valence-electron chi connectivity index (χ4n) is 4.04. The molecule has 4 rings (SSSR count). The predicted molar refractivity (Wildman–Crippen MR) is 109 cm³/mol. The highest BCUT2D eigenvalue weighted by atomic mass is 35.5. The smallest absolute Gasteiger partial charge is 0.0486 e. The van der Waals surface area contributed by atoms with Crippen molar-refractivity contribution in [3.63, 3.8) is 0 Å². The molecule has 0 radical (unpaired) electrons. The molecular weight excluding hydrogens is 328 g/mol. The molecule has 0 saturated carbocycles. The number of halogens is 1. The van der Waals surface area contributed by atoms with Gasteiger partial charge in [-0.25, -0.2) is 0 Å². The molecule has 0 aliphatic carbocycles. The Morgan fingerprint density at radius 1 is 1.04 bits per heavy atom. The van der Waals surface area contributed by atoms with E-state index in [1.165, 1.54) is 41.4 Å². The SMILES string of the molecule is Cc1ccc2c(c1)c1c(n2CCCc2ccccc2)CCN(C)C1.Cl. The van der Waals surface area contributed by atoms with Gasteiger partial charge in [0.05, 0.1) is 0 Å². The van der Waals surface area contributed by atoms with Gasteiger partial charge in [-0.2, -0.15) is 0 Å². The van der Waals surface area contributed by atoms with Gasteiger partial charge in [-0.3, -0.25) is 0 Å². The summed E-state index contributed by atoms with van der Waals surface area (Å²) in [4.78, 5) is 2.44. The molecule has 2 nitrogen and oxygen atoms in total. The summed E-state index contributed by atoms with van der Waals surface area (Å²) < 4.78 is 2.60. The molecular formula is C22H27ClN2. The molecule has 0 spiro atoms. The molecule has 0 bridgehead atoms. The van der Waals surface area contributed by atoms with Gasteiger partial charge >= 0.3 is 0 Å². The van der Waals surface area contributed by atoms with Crippen molar-refractivity contribution in [3.05, 3.63) is 70.9 Å². The molecule has 132 valence electrons. The van der Waals surface area contributed by atoms with Crippen molar-refractivity contribution in [3.8, 4) is 0 Å². The van der Waals surface area contributed by atoms with Crippen LogP contribution in [0.4, 0.5) is 0 Å². The van der Waals surface area contributed by atoms with Crippen LogP contribution in [0.15, 0.2) is 48.5 Å². The van der Waals surface area contributed by atoms with Gasteiger partial charge in [-0.1, -0.05) is 42.0 Å². The van der Waals surface area contributed by atoms with E-state index in [1.807, 2.05) is 0 Å². The van der Waals surface area contributed by atoms with E-state index in [0.717, 1.165) is 19.5 Å². The van der Waals surface area contributed by atoms with Gasteiger partial charge in [0.2, 0.25) is 0 Å². The maximum absolute atomic E-state index is 2.60. The molecule has 2 aromatic carbocycles. The molecule has 1 aliphatic heterocycles. The summed E-state index contributed by atoms with van der Waals surface area (Å²) in [5, 5.41) is 1.47. The van der Waals surface area contributed by atoms with Crippen LogP contribution in [0.25, 0.3) is 10.9 Å². The van der Waals surface area contributed by atoms with Gasteiger partial charge < -0.3 is 9.47 Å². The van der Waals surface area contributed by atoms with Gasteiger partial charge in [0.15, 0.2) is 0 Å². The topological polar surface area (TPSA) is 8.17 Å². The minimum Gasteiger partial charge on any atom is -0.344 e. The number of benzene rings is 2. The Morgan fingerprint density at radius 3 is 2.64 bits per heavy atom. The molecule has 0 atom stereocenters. The lowest BCUT2D eigenvalue weighted by Gasteiger charge is -2.24. The van der Waals surface area contributed by atoms with E-state index in [0.29, 0.717) is 0 Å². The second-order valence-electron chi connectivity index (χ2n) is 7.17. The summed E-state index contributed by atoms with van der Waals surface area (Å²) in [6.45, 7) is 5.57. The minimum atomic E-state index is 0. The van der Waals surface area contributed by atoms with Gasteiger partial charge in [0, 0.05) is 42.7 Å². The number of fused-ring (bicyclic) bond motifs is 3. The Balaban J connectivity index is 0.00000182. The summed E-state index contributed by atoms with van der Waals surface area (Å²) in [6, 6.07) is 17.8. The monoisotopic (exact) mass is 354 g/mol. The molecule has 0 saturated heterocycles. The quantitative estimate of drug-likeness (QED) is 0.640. The van der Waals surface area contributed by atoms with Crippen LogP contribution in [0.1, 0.15) is 28.8 Å². The van der Waals surface area contributed by atoms with Crippen LogP contribution in [-0.4, -0.2) is 23.1 Å². The minimum absolute atomic E-state index is 0. The fourth-order valence-corrected chi connectivity index (χ4v) is 4.04. The number of rotatable bonds is 4. The molecule has 2 heterocycles. The molecule has 1 aromatic heterocycles. The molecule has 3 aromatic rings. The van der Waals surface area contributed by atoms with Gasteiger partial charge in [-0.05, 0) is 50.1 Å². The highest BCUT2D eigenvalue weighted by Gasteiger charge is 2.22. The third-order valence-electron chi connectivity index (χ3n) is 5.29. The first-order valence-electron chi connectivity index (χ1n) is 9.05. The number of hydrogen-bond acceptors (Lipinski definition) is 1. The lowest BCUT2D eigenvalue weighted by Crippen LogP contribution is -2.27. The molecule has 3 heteroatoms. The van der Waals surface area contributed by atoms with Crippen LogP contribution in [-0.2, 0) is 25.9 Å². The van der Waals surface area contributed by atoms with E-state index < -0.39 is 0 Å². The van der Waals surface area contributed by atoms with Gasteiger partial charge in [0.1, 0.15) is 0 Å². The Bertz CT molecular complexity index is 851. The zero-order valence-electron chi connectivity index (χ0n) is 15.2. The maximum Gasteiger partial charge on any atom is 0.0486 e. The van der Waals surface area contributed by atoms with E-state index in [2.05, 4.69) is 72.0 Å². The highest BCUT2D eigenvalue weighted by molar-refractivity contribution is 5.86. The average Bonchev–Trinajstić information content (AvgIpc) is 2.89. The van der Waals surface area contributed by atoms with Crippen LogP contribution in [0, 0.1) is 6.92 Å². The number of aromatic nitrogens is 1. The van der Waals surface area contributed by atoms with Crippen LogP contribution in [0.2, 0.25) is 0 Å². The Kier molecular flexibility index (Phi) is 5.51. The van der Waals surface area contributed by atoms with Crippen molar-refractivity contribution in [2.24, 2.45) is 0 Å². The Labute approximate surface area is 156 Å². The van der Waals surface area contributed by atoms with Crippen molar-refractivity contribution in [2.75, 3.05) is 13.6 Å². The summed E-state index contributed by atoms with van der Waals surface area (Å²) in [6.07, 6.45) is 3.52. The normalized spacial score (nSPS) is 14.3. The fraction of sp³-hybridized carbons (Fsp3) is 0.364. The maximum atomic E-state index is 2.60. The standard InChI is InChI=1S/C22H26N2.ClH/c1-17-10-11-21-19(15-17)20-16-23(2)14-12-22(20)24(21)13-6-9-18-7-4-3-5-8-18;/h3-5,7-8,10-11,15H,6,9,12-14,16H2,1-2H3;1H.